The van der Waals surface area contributed by atoms with Crippen LogP contribution in [0.1, 0.15) is 12.5 Å². The fourth-order valence-corrected chi connectivity index (χ4v) is 4.57. The van der Waals surface area contributed by atoms with Crippen LogP contribution in [0.5, 0.6) is 5.88 Å². The van der Waals surface area contributed by atoms with Gasteiger partial charge in [-0.15, -0.1) is 0 Å². The van der Waals surface area contributed by atoms with Gasteiger partial charge in [0.2, 0.25) is 5.88 Å². The van der Waals surface area contributed by atoms with E-state index in [1.807, 2.05) is 20.9 Å². The summed E-state index contributed by atoms with van der Waals surface area (Å²) in [4.78, 5) is 22.9. The normalized spacial score (nSPS) is 16.8. The fraction of sp³-hybridized carbons (Fsp3) is 0.348. The summed E-state index contributed by atoms with van der Waals surface area (Å²) >= 11 is 0. The van der Waals surface area contributed by atoms with Gasteiger partial charge in [0.1, 0.15) is 23.7 Å². The largest absolute Gasteiger partial charge is 0.474 e. The molecule has 1 amide bonds. The molecule has 172 valence electrons. The maximum atomic E-state index is 15.3. The number of aromatic nitrogens is 2. The molecule has 3 aromatic rings. The standard InChI is InChI=1S/C23H25FN6O3/c1-12-15(8-28-21-20(12)26-4-5-32-21)14-6-13-7-17(27-9-16(13)19(25)18(14)24)29-22(31)33-23(2)10-30(3)11-23/h6-9,26H,4-5,10-11,25H2,1-3H3,(H,27,29,31). The molecule has 1 aromatic carbocycles. The van der Waals surface area contributed by atoms with Crippen molar-refractivity contribution in [1.82, 2.24) is 14.9 Å². The quantitative estimate of drug-likeness (QED) is 0.518. The monoisotopic (exact) mass is 452 g/mol. The minimum atomic E-state index is -0.589. The Balaban J connectivity index is 1.49. The number of carbonyl (C=O) groups is 1. The average molecular weight is 452 g/mol. The van der Waals surface area contributed by atoms with Crippen molar-refractivity contribution in [2.45, 2.75) is 19.4 Å². The van der Waals surface area contributed by atoms with Crippen LogP contribution in [0, 0.1) is 12.7 Å². The summed E-state index contributed by atoms with van der Waals surface area (Å²) < 4.78 is 26.4. The molecule has 1 saturated heterocycles. The Morgan fingerprint density at radius 3 is 2.85 bits per heavy atom. The molecule has 10 heteroatoms. The van der Waals surface area contributed by atoms with Gasteiger partial charge in [0.05, 0.1) is 5.69 Å². The number of benzene rings is 1. The molecule has 2 aromatic heterocycles. The van der Waals surface area contributed by atoms with E-state index in [-0.39, 0.29) is 11.5 Å². The van der Waals surface area contributed by atoms with Gasteiger partial charge in [0.15, 0.2) is 5.82 Å². The number of pyridine rings is 2. The number of hydrogen-bond acceptors (Lipinski definition) is 8. The molecule has 0 radical (unpaired) electrons. The van der Waals surface area contributed by atoms with Crippen molar-refractivity contribution in [1.29, 1.82) is 0 Å². The number of nitrogens with two attached hydrogens (primary N) is 1. The third-order valence-electron chi connectivity index (χ3n) is 6.01. The molecule has 5 rings (SSSR count). The van der Waals surface area contributed by atoms with Crippen molar-refractivity contribution in [2.75, 3.05) is 49.7 Å². The molecule has 0 bridgehead atoms. The second-order valence-electron chi connectivity index (χ2n) is 8.83. The molecule has 9 nitrogen and oxygen atoms in total. The average Bonchev–Trinajstić information content (AvgIpc) is 2.76. The maximum absolute atomic E-state index is 15.3. The van der Waals surface area contributed by atoms with E-state index in [1.54, 1.807) is 18.3 Å². The van der Waals surface area contributed by atoms with Crippen molar-refractivity contribution in [3.8, 4) is 17.0 Å². The molecule has 0 unspecified atom stereocenters. The number of carbonyl (C=O) groups excluding carboxylic acids is 1. The summed E-state index contributed by atoms with van der Waals surface area (Å²) in [6, 6.07) is 3.33. The van der Waals surface area contributed by atoms with Crippen LogP contribution in [0.25, 0.3) is 21.9 Å². The summed E-state index contributed by atoms with van der Waals surface area (Å²) in [6.45, 7) is 6.26. The highest BCUT2D eigenvalue weighted by molar-refractivity contribution is 5.99. The van der Waals surface area contributed by atoms with Gasteiger partial charge in [-0.3, -0.25) is 10.2 Å². The maximum Gasteiger partial charge on any atom is 0.413 e. The van der Waals surface area contributed by atoms with Crippen molar-refractivity contribution >= 4 is 34.1 Å². The van der Waals surface area contributed by atoms with Crippen LogP contribution in [0.3, 0.4) is 0 Å². The molecule has 33 heavy (non-hydrogen) atoms. The number of amides is 1. The third-order valence-corrected chi connectivity index (χ3v) is 6.01. The number of halogens is 1. The van der Waals surface area contributed by atoms with E-state index in [0.29, 0.717) is 54.0 Å². The smallest absolute Gasteiger partial charge is 0.413 e. The van der Waals surface area contributed by atoms with Crippen LogP contribution in [-0.4, -0.2) is 59.9 Å². The van der Waals surface area contributed by atoms with Crippen LogP contribution >= 0.6 is 0 Å². The molecular weight excluding hydrogens is 427 g/mol. The Morgan fingerprint density at radius 2 is 2.09 bits per heavy atom. The zero-order chi connectivity index (χ0) is 23.3. The van der Waals surface area contributed by atoms with Crippen molar-refractivity contribution in [3.63, 3.8) is 0 Å². The Bertz CT molecular complexity index is 1280. The van der Waals surface area contributed by atoms with Gasteiger partial charge in [-0.1, -0.05) is 0 Å². The second-order valence-corrected chi connectivity index (χ2v) is 8.83. The van der Waals surface area contributed by atoms with E-state index in [4.69, 9.17) is 15.2 Å². The third kappa shape index (κ3) is 3.76. The number of rotatable bonds is 3. The van der Waals surface area contributed by atoms with Crippen molar-refractivity contribution in [3.05, 3.63) is 35.9 Å². The lowest BCUT2D eigenvalue weighted by Gasteiger charge is -2.44. The predicted octanol–water partition coefficient (Wildman–Crippen LogP) is 3.38. The first-order valence-corrected chi connectivity index (χ1v) is 10.7. The zero-order valence-corrected chi connectivity index (χ0v) is 18.7. The number of ether oxygens (including phenoxy) is 2. The Kier molecular flexibility index (Phi) is 4.97. The number of nitrogens with one attached hydrogen (secondary N) is 2. The fourth-order valence-electron chi connectivity index (χ4n) is 4.57. The molecule has 2 aliphatic rings. The molecule has 1 fully saturated rings. The zero-order valence-electron chi connectivity index (χ0n) is 18.7. The number of fused-ring (bicyclic) bond motifs is 2. The minimum Gasteiger partial charge on any atom is -0.474 e. The highest BCUT2D eigenvalue weighted by atomic mass is 19.1. The Labute approximate surface area is 190 Å². The molecule has 0 spiro atoms. The number of nitrogens with zero attached hydrogens (tertiary/aromatic N) is 3. The molecular formula is C23H25FN6O3. The van der Waals surface area contributed by atoms with Crippen LogP contribution in [0.15, 0.2) is 24.5 Å². The van der Waals surface area contributed by atoms with E-state index < -0.39 is 17.5 Å². The van der Waals surface area contributed by atoms with Crippen LogP contribution < -0.4 is 21.1 Å². The van der Waals surface area contributed by atoms with Crippen LogP contribution in [0.2, 0.25) is 0 Å². The van der Waals surface area contributed by atoms with E-state index in [9.17, 15) is 4.79 Å². The Hall–Kier alpha value is -3.66. The summed E-state index contributed by atoms with van der Waals surface area (Å²) in [5.41, 5.74) is 8.05. The number of likely N-dealkylation sites (N-methyl/N-ethyl adjacent to an activating group) is 1. The molecule has 0 saturated carbocycles. The Morgan fingerprint density at radius 1 is 1.30 bits per heavy atom. The van der Waals surface area contributed by atoms with Gasteiger partial charge in [0, 0.05) is 48.5 Å². The molecule has 0 aliphatic carbocycles. The lowest BCUT2D eigenvalue weighted by Crippen LogP contribution is -2.60. The van der Waals surface area contributed by atoms with Crippen LogP contribution in [0.4, 0.5) is 26.4 Å². The van der Waals surface area contributed by atoms with Crippen molar-refractivity contribution < 1.29 is 18.7 Å². The van der Waals surface area contributed by atoms with Gasteiger partial charge < -0.3 is 20.5 Å². The highest BCUT2D eigenvalue weighted by Crippen LogP contribution is 2.39. The van der Waals surface area contributed by atoms with Gasteiger partial charge in [-0.25, -0.2) is 19.2 Å². The number of nitrogen functional groups attached to an aromatic ring is 1. The minimum absolute atomic E-state index is 0.0181. The predicted molar refractivity (Wildman–Crippen MR) is 124 cm³/mol. The first-order chi connectivity index (χ1) is 15.7. The summed E-state index contributed by atoms with van der Waals surface area (Å²) in [6.07, 6.45) is 2.44. The van der Waals surface area contributed by atoms with Crippen molar-refractivity contribution in [2.24, 2.45) is 0 Å². The second kappa shape index (κ2) is 7.73. The lowest BCUT2D eigenvalue weighted by molar-refractivity contribution is -0.0743. The van der Waals surface area contributed by atoms with Gasteiger partial charge >= 0.3 is 6.09 Å². The number of likely N-dealkylation sites (tertiary alicyclic amines) is 1. The molecule has 4 N–H and O–H groups in total. The van der Waals surface area contributed by atoms with Gasteiger partial charge in [0.25, 0.3) is 0 Å². The van der Waals surface area contributed by atoms with E-state index in [2.05, 4.69) is 25.5 Å². The first-order valence-electron chi connectivity index (χ1n) is 10.7. The molecule has 2 aliphatic heterocycles. The summed E-state index contributed by atoms with van der Waals surface area (Å²) in [7, 11) is 1.96. The van der Waals surface area contributed by atoms with Crippen LogP contribution in [-0.2, 0) is 4.74 Å². The van der Waals surface area contributed by atoms with E-state index >= 15 is 4.39 Å². The topological polar surface area (TPSA) is 115 Å². The van der Waals surface area contributed by atoms with E-state index in [1.165, 1.54) is 6.20 Å². The SMILES string of the molecule is Cc1c(-c2cc3cc(NC(=O)OC4(C)CN(C)C4)ncc3c(N)c2F)cnc2c1NCCO2. The lowest BCUT2D eigenvalue weighted by atomic mass is 9.97. The molecule has 0 atom stereocenters. The van der Waals surface area contributed by atoms with Gasteiger partial charge in [-0.05, 0) is 44.0 Å². The summed E-state index contributed by atoms with van der Waals surface area (Å²) in [5, 5.41) is 6.99. The summed E-state index contributed by atoms with van der Waals surface area (Å²) in [5.74, 6) is 0.237. The highest BCUT2D eigenvalue weighted by Gasteiger charge is 2.40. The number of anilines is 3. The number of hydrogen-bond donors (Lipinski definition) is 3. The first kappa shape index (κ1) is 21.2. The molecule has 4 heterocycles. The van der Waals surface area contributed by atoms with E-state index in [0.717, 1.165) is 11.3 Å². The van der Waals surface area contributed by atoms with Gasteiger partial charge in [-0.2, -0.15) is 0 Å².